The first kappa shape index (κ1) is 19.8. The van der Waals surface area contributed by atoms with Gasteiger partial charge in [-0.1, -0.05) is 34.6 Å². The summed E-state index contributed by atoms with van der Waals surface area (Å²) >= 11 is 1.49. The molecule has 21 heavy (non-hydrogen) atoms. The van der Waals surface area contributed by atoms with Crippen LogP contribution >= 0.6 is 11.8 Å². The molecule has 0 aromatic rings. The van der Waals surface area contributed by atoms with E-state index in [4.69, 9.17) is 10.3 Å². The van der Waals surface area contributed by atoms with Crippen molar-refractivity contribution in [2.75, 3.05) is 12.4 Å². The van der Waals surface area contributed by atoms with Gasteiger partial charge in [0.05, 0.1) is 6.61 Å². The molecule has 6 nitrogen and oxygen atoms in total. The van der Waals surface area contributed by atoms with Crippen molar-refractivity contribution >= 4 is 23.6 Å². The van der Waals surface area contributed by atoms with Crippen molar-refractivity contribution in [3.63, 3.8) is 0 Å². The third-order valence-electron chi connectivity index (χ3n) is 2.72. The van der Waals surface area contributed by atoms with E-state index in [-0.39, 0.29) is 23.0 Å². The van der Waals surface area contributed by atoms with E-state index in [9.17, 15) is 9.59 Å². The van der Waals surface area contributed by atoms with Crippen molar-refractivity contribution in [3.8, 4) is 0 Å². The molecule has 1 unspecified atom stereocenters. The highest BCUT2D eigenvalue weighted by atomic mass is 32.2. The molecule has 0 radical (unpaired) electrons. The predicted octanol–water partition coefficient (Wildman–Crippen LogP) is 3.95. The Morgan fingerprint density at radius 3 is 2.29 bits per heavy atom. The van der Waals surface area contributed by atoms with Crippen LogP contribution in [-0.2, 0) is 14.3 Å². The summed E-state index contributed by atoms with van der Waals surface area (Å²) in [5.74, 6) is -1.03. The molecule has 7 heteroatoms. The summed E-state index contributed by atoms with van der Waals surface area (Å²) in [6.45, 7) is 11.7. The van der Waals surface area contributed by atoms with E-state index >= 15 is 0 Å². The van der Waals surface area contributed by atoms with Gasteiger partial charge in [0.2, 0.25) is 5.91 Å². The zero-order valence-corrected chi connectivity index (χ0v) is 14.5. The number of rotatable bonds is 7. The van der Waals surface area contributed by atoms with Gasteiger partial charge in [-0.05, 0) is 29.9 Å². The molecular formula is C14H25N3O3S. The van der Waals surface area contributed by atoms with Crippen LogP contribution in [0, 0.1) is 11.3 Å². The molecule has 0 spiro atoms. The topological polar surface area (TPSA) is 92.1 Å². The Kier molecular flexibility index (Phi) is 7.82. The minimum atomic E-state index is -1.41. The fourth-order valence-electron chi connectivity index (χ4n) is 1.88. The van der Waals surface area contributed by atoms with Crippen LogP contribution in [0.2, 0.25) is 0 Å². The molecule has 0 N–H and O–H groups in total. The van der Waals surface area contributed by atoms with Crippen molar-refractivity contribution in [2.24, 2.45) is 16.4 Å². The summed E-state index contributed by atoms with van der Waals surface area (Å²) in [6, 6.07) is 0. The first-order valence-corrected chi connectivity index (χ1v) is 7.98. The molecule has 1 atom stereocenters. The number of hydrogen-bond acceptors (Lipinski definition) is 4. The number of carbonyl (C=O) groups is 2. The molecule has 1 amide bonds. The number of esters is 1. The van der Waals surface area contributed by atoms with Crippen LogP contribution in [0.15, 0.2) is 5.11 Å². The highest BCUT2D eigenvalue weighted by molar-refractivity contribution is 8.00. The van der Waals surface area contributed by atoms with E-state index in [1.807, 2.05) is 34.6 Å². The summed E-state index contributed by atoms with van der Waals surface area (Å²) in [5, 5.41) is 3.18. The van der Waals surface area contributed by atoms with E-state index in [2.05, 4.69) is 10.0 Å². The first-order chi connectivity index (χ1) is 9.59. The molecule has 0 aromatic carbocycles. The average Bonchev–Trinajstić information content (AvgIpc) is 2.33. The van der Waals surface area contributed by atoms with Gasteiger partial charge in [0.25, 0.3) is 0 Å². The van der Waals surface area contributed by atoms with Gasteiger partial charge in [-0.2, -0.15) is 11.8 Å². The van der Waals surface area contributed by atoms with Crippen LogP contribution < -0.4 is 0 Å². The van der Waals surface area contributed by atoms with Crippen LogP contribution in [0.25, 0.3) is 10.4 Å². The summed E-state index contributed by atoms with van der Waals surface area (Å²) in [7, 11) is 0. The normalized spacial score (nSPS) is 14.2. The lowest BCUT2D eigenvalue weighted by Crippen LogP contribution is -2.44. The summed E-state index contributed by atoms with van der Waals surface area (Å²) in [5.41, 5.74) is 7.14. The van der Waals surface area contributed by atoms with Crippen molar-refractivity contribution < 1.29 is 14.3 Å². The van der Waals surface area contributed by atoms with E-state index in [1.165, 1.54) is 11.8 Å². The van der Waals surface area contributed by atoms with Crippen LogP contribution in [0.5, 0.6) is 0 Å². The third kappa shape index (κ3) is 6.40. The summed E-state index contributed by atoms with van der Waals surface area (Å²) in [4.78, 5) is 27.2. The van der Waals surface area contributed by atoms with E-state index in [0.29, 0.717) is 6.42 Å². The zero-order valence-electron chi connectivity index (χ0n) is 13.7. The van der Waals surface area contributed by atoms with Gasteiger partial charge >= 0.3 is 5.97 Å². The van der Waals surface area contributed by atoms with Crippen LogP contribution in [0.3, 0.4) is 0 Å². The number of azide groups is 1. The molecule has 0 heterocycles. The quantitative estimate of drug-likeness (QED) is 0.234. The number of nitrogens with zero attached hydrogens (tertiary/aromatic N) is 3. The molecule has 0 rings (SSSR count). The molecular weight excluding hydrogens is 290 g/mol. The fourth-order valence-corrected chi connectivity index (χ4v) is 2.92. The zero-order chi connectivity index (χ0) is 16.7. The maximum Gasteiger partial charge on any atom is 0.320 e. The second-order valence-electron chi connectivity index (χ2n) is 6.30. The standard InChI is InChI=1S/C14H25N3O3S/c1-7-20-12(19)14(8-10(2)3,11(18)16-17-15)9-21-13(4,5)6/h10H,7-9H2,1-6H3. The van der Waals surface area contributed by atoms with Crippen LogP contribution in [0.1, 0.15) is 48.0 Å². The largest absolute Gasteiger partial charge is 0.465 e. The summed E-state index contributed by atoms with van der Waals surface area (Å²) < 4.78 is 4.96. The molecule has 0 aliphatic rings. The van der Waals surface area contributed by atoms with Gasteiger partial charge in [-0.3, -0.25) is 9.59 Å². The Hall–Kier alpha value is -1.20. The van der Waals surface area contributed by atoms with Crippen LogP contribution in [0.4, 0.5) is 0 Å². The maximum atomic E-state index is 12.4. The van der Waals surface area contributed by atoms with Gasteiger partial charge in [-0.15, -0.1) is 0 Å². The van der Waals surface area contributed by atoms with Crippen LogP contribution in [-0.4, -0.2) is 29.0 Å². The maximum absolute atomic E-state index is 12.4. The average molecular weight is 315 g/mol. The van der Waals surface area contributed by atoms with Gasteiger partial charge in [0.15, 0.2) is 0 Å². The Morgan fingerprint density at radius 1 is 1.33 bits per heavy atom. The van der Waals surface area contributed by atoms with Gasteiger partial charge in [-0.25, -0.2) is 0 Å². The Morgan fingerprint density at radius 2 is 1.90 bits per heavy atom. The minimum Gasteiger partial charge on any atom is -0.465 e. The lowest BCUT2D eigenvalue weighted by atomic mass is 9.81. The van der Waals surface area contributed by atoms with Crippen molar-refractivity contribution in [2.45, 2.75) is 52.7 Å². The number of thioether (sulfide) groups is 1. The molecule has 0 saturated heterocycles. The number of amides is 1. The molecule has 0 aliphatic heterocycles. The summed E-state index contributed by atoms with van der Waals surface area (Å²) in [6.07, 6.45) is 0.298. The number of hydrogen-bond donors (Lipinski definition) is 0. The van der Waals surface area contributed by atoms with E-state index in [1.54, 1.807) is 6.92 Å². The third-order valence-corrected chi connectivity index (χ3v) is 4.22. The van der Waals surface area contributed by atoms with E-state index in [0.717, 1.165) is 0 Å². The number of carbonyl (C=O) groups excluding carboxylic acids is 2. The molecule has 120 valence electrons. The van der Waals surface area contributed by atoms with Gasteiger partial charge in [0.1, 0.15) is 5.41 Å². The molecule has 0 saturated carbocycles. The van der Waals surface area contributed by atoms with Crippen molar-refractivity contribution in [1.29, 1.82) is 0 Å². The first-order valence-electron chi connectivity index (χ1n) is 6.99. The van der Waals surface area contributed by atoms with E-state index < -0.39 is 17.3 Å². The van der Waals surface area contributed by atoms with Gasteiger partial charge in [0, 0.05) is 15.4 Å². The molecule has 0 fully saturated rings. The lowest BCUT2D eigenvalue weighted by Gasteiger charge is -2.32. The monoisotopic (exact) mass is 315 g/mol. The minimum absolute atomic E-state index is 0.0906. The highest BCUT2D eigenvalue weighted by Crippen LogP contribution is 2.38. The predicted molar refractivity (Wildman–Crippen MR) is 84.9 cm³/mol. The second-order valence-corrected chi connectivity index (χ2v) is 8.10. The molecule has 0 aromatic heterocycles. The van der Waals surface area contributed by atoms with Crippen molar-refractivity contribution in [3.05, 3.63) is 10.4 Å². The molecule has 0 bridgehead atoms. The molecule has 0 aliphatic carbocycles. The van der Waals surface area contributed by atoms with Crippen molar-refractivity contribution in [1.82, 2.24) is 0 Å². The smallest absolute Gasteiger partial charge is 0.320 e. The Balaban J connectivity index is 5.65. The Labute approximate surface area is 130 Å². The SMILES string of the molecule is CCOC(=O)C(CSC(C)(C)C)(CC(C)C)C(=O)N=[N+]=[N-]. The highest BCUT2D eigenvalue weighted by Gasteiger charge is 2.47. The fraction of sp³-hybridized carbons (Fsp3) is 0.857. The Bertz CT molecular complexity index is 426. The van der Waals surface area contributed by atoms with Gasteiger partial charge < -0.3 is 4.74 Å². The number of ether oxygens (including phenoxy) is 1. The lowest BCUT2D eigenvalue weighted by molar-refractivity contribution is -0.159. The second kappa shape index (κ2) is 8.29.